The lowest BCUT2D eigenvalue weighted by molar-refractivity contribution is 0.195. The molecule has 1 N–H and O–H groups in total. The first kappa shape index (κ1) is 14.0. The zero-order valence-electron chi connectivity index (χ0n) is 11.6. The fraction of sp³-hybridized carbons (Fsp3) is 0.786. The van der Waals surface area contributed by atoms with E-state index in [0.717, 1.165) is 6.54 Å². The summed E-state index contributed by atoms with van der Waals surface area (Å²) in [4.78, 5) is 8.27. The van der Waals surface area contributed by atoms with Gasteiger partial charge in [-0.1, -0.05) is 13.3 Å². The number of hydrogen-bond acceptors (Lipinski definition) is 4. The molecule has 102 valence electrons. The van der Waals surface area contributed by atoms with Gasteiger partial charge in [0.15, 0.2) is 0 Å². The maximum atomic E-state index is 4.30. The molecule has 3 nitrogen and oxygen atoms in total. The highest BCUT2D eigenvalue weighted by Gasteiger charge is 2.18. The van der Waals surface area contributed by atoms with Crippen LogP contribution in [0.5, 0.6) is 0 Å². The number of aryl methyl sites for hydroxylation is 1. The highest BCUT2D eigenvalue weighted by Crippen LogP contribution is 2.14. The molecular weight excluding hydrogens is 242 g/mol. The van der Waals surface area contributed by atoms with Crippen molar-refractivity contribution in [3.63, 3.8) is 0 Å². The van der Waals surface area contributed by atoms with Gasteiger partial charge in [-0.2, -0.15) is 0 Å². The van der Waals surface area contributed by atoms with Crippen molar-refractivity contribution >= 4 is 11.3 Å². The zero-order valence-corrected chi connectivity index (χ0v) is 12.4. The fourth-order valence-electron chi connectivity index (χ4n) is 2.47. The molecule has 1 aromatic heterocycles. The summed E-state index contributed by atoms with van der Waals surface area (Å²) >= 11 is 1.80. The summed E-state index contributed by atoms with van der Waals surface area (Å²) < 4.78 is 0. The Hall–Kier alpha value is -0.450. The molecule has 18 heavy (non-hydrogen) atoms. The van der Waals surface area contributed by atoms with Gasteiger partial charge < -0.3 is 10.2 Å². The molecule has 0 spiro atoms. The van der Waals surface area contributed by atoms with E-state index in [-0.39, 0.29) is 0 Å². The average molecular weight is 267 g/mol. The predicted octanol–water partition coefficient (Wildman–Crippen LogP) is 2.81. The molecule has 0 atom stereocenters. The molecular formula is C14H25N3S. The van der Waals surface area contributed by atoms with Crippen LogP contribution in [0.15, 0.2) is 6.20 Å². The molecule has 1 aliphatic heterocycles. The van der Waals surface area contributed by atoms with Crippen LogP contribution in [0.4, 0.5) is 0 Å². The SMILES string of the molecule is CCCCN1CCC(NCc2cnc(C)s2)CC1. The average Bonchev–Trinajstić information content (AvgIpc) is 2.81. The van der Waals surface area contributed by atoms with E-state index in [1.54, 1.807) is 11.3 Å². The van der Waals surface area contributed by atoms with Crippen LogP contribution in [0.1, 0.15) is 42.5 Å². The van der Waals surface area contributed by atoms with E-state index in [2.05, 4.69) is 29.0 Å². The lowest BCUT2D eigenvalue weighted by Crippen LogP contribution is -2.42. The van der Waals surface area contributed by atoms with Crippen molar-refractivity contribution in [2.45, 2.75) is 52.1 Å². The summed E-state index contributed by atoms with van der Waals surface area (Å²) in [5.74, 6) is 0. The molecule has 0 aromatic carbocycles. The fourth-order valence-corrected chi connectivity index (χ4v) is 3.22. The molecule has 0 bridgehead atoms. The van der Waals surface area contributed by atoms with E-state index in [9.17, 15) is 0 Å². The maximum Gasteiger partial charge on any atom is 0.0897 e. The smallest absolute Gasteiger partial charge is 0.0897 e. The number of likely N-dealkylation sites (tertiary alicyclic amines) is 1. The first-order valence-electron chi connectivity index (χ1n) is 7.15. The van der Waals surface area contributed by atoms with Crippen LogP contribution in [-0.4, -0.2) is 35.6 Å². The molecule has 4 heteroatoms. The Labute approximate surface area is 115 Å². The molecule has 1 aliphatic rings. The largest absolute Gasteiger partial charge is 0.309 e. The van der Waals surface area contributed by atoms with E-state index in [0.29, 0.717) is 6.04 Å². The van der Waals surface area contributed by atoms with E-state index < -0.39 is 0 Å². The minimum atomic E-state index is 0.699. The second-order valence-corrected chi connectivity index (χ2v) is 6.52. The summed E-state index contributed by atoms with van der Waals surface area (Å²) in [6.07, 6.45) is 7.24. The molecule has 0 saturated carbocycles. The molecule has 0 radical (unpaired) electrons. The number of rotatable bonds is 6. The molecule has 0 aliphatic carbocycles. The Morgan fingerprint density at radius 1 is 1.44 bits per heavy atom. The van der Waals surface area contributed by atoms with Gasteiger partial charge in [0.25, 0.3) is 0 Å². The minimum Gasteiger partial charge on any atom is -0.309 e. The van der Waals surface area contributed by atoms with Gasteiger partial charge in [0.05, 0.1) is 5.01 Å². The monoisotopic (exact) mass is 267 g/mol. The topological polar surface area (TPSA) is 28.2 Å². The van der Waals surface area contributed by atoms with E-state index in [4.69, 9.17) is 0 Å². The number of aromatic nitrogens is 1. The van der Waals surface area contributed by atoms with Gasteiger partial charge in [0.2, 0.25) is 0 Å². The second kappa shape index (κ2) is 7.22. The Balaban J connectivity index is 1.64. The molecule has 1 aromatic rings. The van der Waals surface area contributed by atoms with Crippen LogP contribution in [0.3, 0.4) is 0 Å². The van der Waals surface area contributed by atoms with Gasteiger partial charge >= 0.3 is 0 Å². The number of nitrogens with one attached hydrogen (secondary N) is 1. The molecule has 1 saturated heterocycles. The Kier molecular flexibility index (Phi) is 5.60. The highest BCUT2D eigenvalue weighted by molar-refractivity contribution is 7.11. The van der Waals surface area contributed by atoms with Crippen LogP contribution in [0.25, 0.3) is 0 Å². The summed E-state index contributed by atoms with van der Waals surface area (Å²) in [6, 6.07) is 0.699. The van der Waals surface area contributed by atoms with Crippen molar-refractivity contribution in [3.05, 3.63) is 16.1 Å². The first-order valence-corrected chi connectivity index (χ1v) is 7.96. The van der Waals surface area contributed by atoms with Crippen molar-refractivity contribution in [2.75, 3.05) is 19.6 Å². The van der Waals surface area contributed by atoms with Crippen LogP contribution >= 0.6 is 11.3 Å². The second-order valence-electron chi connectivity index (χ2n) is 5.20. The van der Waals surface area contributed by atoms with Crippen LogP contribution < -0.4 is 5.32 Å². The number of hydrogen-bond donors (Lipinski definition) is 1. The summed E-state index contributed by atoms with van der Waals surface area (Å²) in [5, 5.41) is 4.84. The van der Waals surface area contributed by atoms with Gasteiger partial charge in [-0.3, -0.25) is 0 Å². The molecule has 0 unspecified atom stereocenters. The van der Waals surface area contributed by atoms with Crippen LogP contribution in [0.2, 0.25) is 0 Å². The van der Waals surface area contributed by atoms with Crippen molar-refractivity contribution < 1.29 is 0 Å². The minimum absolute atomic E-state index is 0.699. The quantitative estimate of drug-likeness (QED) is 0.859. The number of thiazole rings is 1. The van der Waals surface area contributed by atoms with Crippen LogP contribution in [-0.2, 0) is 6.54 Å². The standard InChI is InChI=1S/C14H25N3S/c1-3-4-7-17-8-5-13(6-9-17)16-11-14-10-15-12(2)18-14/h10,13,16H,3-9,11H2,1-2H3. The first-order chi connectivity index (χ1) is 8.78. The van der Waals surface area contributed by atoms with E-state index >= 15 is 0 Å². The number of unbranched alkanes of at least 4 members (excludes halogenated alkanes) is 1. The van der Waals surface area contributed by atoms with Gasteiger partial charge in [0.1, 0.15) is 0 Å². The van der Waals surface area contributed by atoms with Crippen molar-refractivity contribution in [1.29, 1.82) is 0 Å². The van der Waals surface area contributed by atoms with Crippen LogP contribution in [0, 0.1) is 6.92 Å². The molecule has 2 rings (SSSR count). The molecule has 0 amide bonds. The van der Waals surface area contributed by atoms with Crippen molar-refractivity contribution in [3.8, 4) is 0 Å². The lowest BCUT2D eigenvalue weighted by Gasteiger charge is -2.32. The molecule has 1 fully saturated rings. The summed E-state index contributed by atoms with van der Waals surface area (Å²) in [7, 11) is 0. The molecule has 2 heterocycles. The third kappa shape index (κ3) is 4.34. The normalized spacial score (nSPS) is 18.3. The summed E-state index contributed by atoms with van der Waals surface area (Å²) in [5.41, 5.74) is 0. The van der Waals surface area contributed by atoms with Gasteiger partial charge in [-0.25, -0.2) is 4.98 Å². The van der Waals surface area contributed by atoms with E-state index in [1.165, 1.54) is 55.2 Å². The third-order valence-electron chi connectivity index (χ3n) is 3.65. The van der Waals surface area contributed by atoms with E-state index in [1.807, 2.05) is 6.20 Å². The van der Waals surface area contributed by atoms with Gasteiger partial charge in [-0.15, -0.1) is 11.3 Å². The zero-order chi connectivity index (χ0) is 12.8. The highest BCUT2D eigenvalue weighted by atomic mass is 32.1. The number of piperidine rings is 1. The Morgan fingerprint density at radius 2 is 2.22 bits per heavy atom. The number of nitrogens with zero attached hydrogens (tertiary/aromatic N) is 2. The van der Waals surface area contributed by atoms with Crippen molar-refractivity contribution in [2.24, 2.45) is 0 Å². The Bertz CT molecular complexity index is 343. The predicted molar refractivity (Wildman–Crippen MR) is 78.1 cm³/mol. The van der Waals surface area contributed by atoms with Gasteiger partial charge in [0, 0.05) is 23.7 Å². The summed E-state index contributed by atoms with van der Waals surface area (Å²) in [6.45, 7) is 9.15. The third-order valence-corrected chi connectivity index (χ3v) is 4.56. The Morgan fingerprint density at radius 3 is 2.83 bits per heavy atom. The van der Waals surface area contributed by atoms with Crippen molar-refractivity contribution in [1.82, 2.24) is 15.2 Å². The maximum absolute atomic E-state index is 4.30. The lowest BCUT2D eigenvalue weighted by atomic mass is 10.0. The van der Waals surface area contributed by atoms with Gasteiger partial charge in [-0.05, 0) is 45.8 Å².